The highest BCUT2D eigenvalue weighted by Gasteiger charge is 2.35. The molecule has 2 aromatic carbocycles. The van der Waals surface area contributed by atoms with Crippen LogP contribution in [0.3, 0.4) is 0 Å². The Balaban J connectivity index is 0.000000255. The Morgan fingerprint density at radius 1 is 0.906 bits per heavy atom. The number of thiocarbonyl (C=S) groups is 1. The first-order chi connectivity index (χ1) is 15.0. The normalized spacial score (nSPS) is 11.3. The molecule has 0 bridgehead atoms. The number of hydrogen-bond acceptors (Lipinski definition) is 2. The van der Waals surface area contributed by atoms with E-state index >= 15 is 0 Å². The van der Waals surface area contributed by atoms with Gasteiger partial charge in [0, 0.05) is 10.4 Å². The highest BCUT2D eigenvalue weighted by Crippen LogP contribution is 2.34. The summed E-state index contributed by atoms with van der Waals surface area (Å²) in [5.41, 5.74) is 0.504. The van der Waals surface area contributed by atoms with Gasteiger partial charge in [-0.15, -0.1) is 0 Å². The Bertz CT molecular complexity index is 978. The third-order valence-electron chi connectivity index (χ3n) is 4.49. The molecule has 0 N–H and O–H groups in total. The molecule has 1 heterocycles. The number of rotatable bonds is 5. The maximum Gasteiger partial charge on any atom is 0.433 e. The number of benzene rings is 2. The van der Waals surface area contributed by atoms with Crippen LogP contribution in [0.5, 0.6) is 0 Å². The van der Waals surface area contributed by atoms with Gasteiger partial charge in [0.15, 0.2) is 0 Å². The summed E-state index contributed by atoms with van der Waals surface area (Å²) in [7, 11) is 0. The highest BCUT2D eigenvalue weighted by molar-refractivity contribution is 7.80. The maximum absolute atomic E-state index is 13.0. The first-order valence-electron chi connectivity index (χ1n) is 10.0. The quantitative estimate of drug-likeness (QED) is 0.213. The van der Waals surface area contributed by atoms with Crippen LogP contribution in [-0.2, 0) is 12.6 Å². The fourth-order valence-corrected chi connectivity index (χ4v) is 3.43. The molecule has 0 atom stereocenters. The molecular weight excluding hydrogens is 441 g/mol. The summed E-state index contributed by atoms with van der Waals surface area (Å²) in [5.74, 6) is 0.0112. The van der Waals surface area contributed by atoms with Gasteiger partial charge in [0.1, 0.15) is 11.4 Å². The second-order valence-corrected chi connectivity index (χ2v) is 8.22. The molecule has 1 nitrogen and oxygen atoms in total. The summed E-state index contributed by atoms with van der Waals surface area (Å²) in [6.07, 6.45) is -7.63. The summed E-state index contributed by atoms with van der Waals surface area (Å²) < 4.78 is 64.2. The first kappa shape index (κ1) is 25.6. The summed E-state index contributed by atoms with van der Waals surface area (Å²) in [5, 5.41) is 0. The van der Waals surface area contributed by atoms with Gasteiger partial charge >= 0.3 is 6.18 Å². The number of aromatic nitrogens is 1. The summed E-state index contributed by atoms with van der Waals surface area (Å²) in [4.78, 5) is 3.19. The van der Waals surface area contributed by atoms with Gasteiger partial charge in [-0.3, -0.25) is 0 Å². The highest BCUT2D eigenvalue weighted by atomic mass is 32.1. The average molecular weight is 466 g/mol. The number of nitrogens with zero attached hydrogens (tertiary/aromatic N) is 1. The molecule has 0 unspecified atom stereocenters. The van der Waals surface area contributed by atoms with Gasteiger partial charge in [-0.25, -0.2) is 13.8 Å². The Morgan fingerprint density at radius 2 is 1.38 bits per heavy atom. The molecule has 0 spiro atoms. The molecule has 0 aliphatic heterocycles. The Morgan fingerprint density at radius 3 is 1.72 bits per heavy atom. The number of alkyl halides is 5. The lowest BCUT2D eigenvalue weighted by atomic mass is 9.94. The van der Waals surface area contributed by atoms with Crippen molar-refractivity contribution in [3.05, 3.63) is 89.2 Å². The first-order valence-corrected chi connectivity index (χ1v) is 10.4. The molecule has 3 rings (SSSR count). The second-order valence-electron chi connectivity index (χ2n) is 7.61. The van der Waals surface area contributed by atoms with E-state index in [2.05, 4.69) is 53.5 Å². The molecule has 0 fully saturated rings. The van der Waals surface area contributed by atoms with Crippen molar-refractivity contribution in [2.75, 3.05) is 0 Å². The van der Waals surface area contributed by atoms with Crippen molar-refractivity contribution in [1.82, 2.24) is 4.98 Å². The standard InChI is InChI=1S/C13H14F5NS.C12H10/c1-6(2)4-8-5-9(13(16,17)18)19-11(12(14)15)10(8)7(3)20;1-3-7-11(8-4-1)12-9-5-2-6-10-12/h5-6,12H,4H2,1-3H3;1-10H. The van der Waals surface area contributed by atoms with Crippen LogP contribution < -0.4 is 0 Å². The van der Waals surface area contributed by atoms with Crippen molar-refractivity contribution >= 4 is 17.1 Å². The molecule has 170 valence electrons. The lowest BCUT2D eigenvalue weighted by Gasteiger charge is -2.17. The predicted octanol–water partition coefficient (Wildman–Crippen LogP) is 8.33. The van der Waals surface area contributed by atoms with Gasteiger partial charge in [0.2, 0.25) is 0 Å². The van der Waals surface area contributed by atoms with Crippen LogP contribution in [-0.4, -0.2) is 9.85 Å². The van der Waals surface area contributed by atoms with Crippen LogP contribution in [0.25, 0.3) is 11.1 Å². The van der Waals surface area contributed by atoms with E-state index in [0.29, 0.717) is 0 Å². The monoisotopic (exact) mass is 465 g/mol. The van der Waals surface area contributed by atoms with Crippen molar-refractivity contribution in [1.29, 1.82) is 0 Å². The SMILES string of the molecule is CC(=S)c1c(CC(C)C)cc(C(F)(F)F)nc1C(F)F.c1ccc(-c2ccccc2)cc1. The zero-order valence-corrected chi connectivity index (χ0v) is 18.8. The molecule has 0 amide bonds. The van der Waals surface area contributed by atoms with Crippen molar-refractivity contribution in [3.8, 4) is 11.1 Å². The summed E-state index contributed by atoms with van der Waals surface area (Å²) >= 11 is 4.89. The zero-order chi connectivity index (χ0) is 23.9. The third kappa shape index (κ3) is 7.19. The van der Waals surface area contributed by atoms with Crippen LogP contribution >= 0.6 is 12.2 Å². The molecular formula is C25H24F5NS. The van der Waals surface area contributed by atoms with E-state index in [1.165, 1.54) is 18.1 Å². The molecule has 0 saturated heterocycles. The van der Waals surface area contributed by atoms with E-state index in [-0.39, 0.29) is 28.3 Å². The lowest BCUT2D eigenvalue weighted by Crippen LogP contribution is -2.16. The van der Waals surface area contributed by atoms with E-state index in [4.69, 9.17) is 12.2 Å². The van der Waals surface area contributed by atoms with Gasteiger partial charge in [-0.05, 0) is 42.0 Å². The van der Waals surface area contributed by atoms with Crippen LogP contribution in [0.2, 0.25) is 0 Å². The molecule has 0 aliphatic rings. The van der Waals surface area contributed by atoms with Gasteiger partial charge in [-0.1, -0.05) is 86.7 Å². The number of hydrogen-bond donors (Lipinski definition) is 0. The van der Waals surface area contributed by atoms with Crippen molar-refractivity contribution in [2.24, 2.45) is 5.92 Å². The molecule has 1 aromatic heterocycles. The number of halogens is 5. The van der Waals surface area contributed by atoms with Crippen molar-refractivity contribution < 1.29 is 22.0 Å². The fourth-order valence-electron chi connectivity index (χ4n) is 3.19. The summed E-state index contributed by atoms with van der Waals surface area (Å²) in [6.45, 7) is 4.99. The molecule has 3 aromatic rings. The molecule has 32 heavy (non-hydrogen) atoms. The topological polar surface area (TPSA) is 12.9 Å². The second kappa shape index (κ2) is 11.3. The summed E-state index contributed by atoms with van der Waals surface area (Å²) in [6, 6.07) is 21.6. The molecule has 0 aliphatic carbocycles. The van der Waals surface area contributed by atoms with E-state index in [9.17, 15) is 22.0 Å². The average Bonchev–Trinajstić information content (AvgIpc) is 2.73. The van der Waals surface area contributed by atoms with Gasteiger partial charge in [-0.2, -0.15) is 13.2 Å². The fraction of sp³-hybridized carbons (Fsp3) is 0.280. The van der Waals surface area contributed by atoms with Crippen LogP contribution in [0.15, 0.2) is 66.7 Å². The minimum atomic E-state index is -4.76. The Hall–Kier alpha value is -2.67. The van der Waals surface area contributed by atoms with Crippen LogP contribution in [0, 0.1) is 5.92 Å². The van der Waals surface area contributed by atoms with E-state index in [1.54, 1.807) is 13.8 Å². The third-order valence-corrected chi connectivity index (χ3v) is 4.69. The zero-order valence-electron chi connectivity index (χ0n) is 18.0. The van der Waals surface area contributed by atoms with Gasteiger partial charge < -0.3 is 0 Å². The number of pyridine rings is 1. The van der Waals surface area contributed by atoms with Crippen LogP contribution in [0.4, 0.5) is 22.0 Å². The maximum atomic E-state index is 13.0. The van der Waals surface area contributed by atoms with Crippen molar-refractivity contribution in [2.45, 2.75) is 39.8 Å². The predicted molar refractivity (Wildman–Crippen MR) is 122 cm³/mol. The lowest BCUT2D eigenvalue weighted by molar-refractivity contribution is -0.141. The smallest absolute Gasteiger partial charge is 0.242 e. The van der Waals surface area contributed by atoms with Crippen LogP contribution in [0.1, 0.15) is 49.7 Å². The van der Waals surface area contributed by atoms with Crippen molar-refractivity contribution in [3.63, 3.8) is 0 Å². The molecule has 0 saturated carbocycles. The van der Waals surface area contributed by atoms with E-state index in [1.807, 2.05) is 12.1 Å². The molecule has 7 heteroatoms. The van der Waals surface area contributed by atoms with Gasteiger partial charge in [0.25, 0.3) is 6.43 Å². The van der Waals surface area contributed by atoms with E-state index < -0.39 is 24.0 Å². The molecule has 0 radical (unpaired) electrons. The Kier molecular flexibility index (Phi) is 9.01. The van der Waals surface area contributed by atoms with E-state index in [0.717, 1.165) is 6.07 Å². The Labute approximate surface area is 190 Å². The minimum Gasteiger partial charge on any atom is -0.242 e. The minimum absolute atomic E-state index is 0.0112. The van der Waals surface area contributed by atoms with Gasteiger partial charge in [0.05, 0.1) is 0 Å². The largest absolute Gasteiger partial charge is 0.433 e.